The van der Waals surface area contributed by atoms with Crippen LogP contribution in [0.25, 0.3) is 0 Å². The van der Waals surface area contributed by atoms with E-state index in [1.807, 2.05) is 30.3 Å². The van der Waals surface area contributed by atoms with Gasteiger partial charge in [-0.1, -0.05) is 12.1 Å². The fourth-order valence-corrected chi connectivity index (χ4v) is 3.68. The Morgan fingerprint density at radius 1 is 1.00 bits per heavy atom. The van der Waals surface area contributed by atoms with Crippen LogP contribution in [0.3, 0.4) is 0 Å². The third-order valence-corrected chi connectivity index (χ3v) is 5.40. The maximum Gasteiger partial charge on any atom is 0.195 e. The van der Waals surface area contributed by atoms with Crippen molar-refractivity contribution in [1.29, 1.82) is 0 Å². The molecule has 2 aromatic carbocycles. The van der Waals surface area contributed by atoms with Gasteiger partial charge in [0.1, 0.15) is 5.75 Å². The Labute approximate surface area is 213 Å². The number of guanidine groups is 1. The molecular formula is C24H35IN4O4. The Hall–Kier alpha value is -2.24. The molecule has 1 saturated heterocycles. The fraction of sp³-hybridized carbons (Fsp3) is 0.458. The highest BCUT2D eigenvalue weighted by atomic mass is 127. The van der Waals surface area contributed by atoms with Crippen LogP contribution in [-0.4, -0.2) is 71.6 Å². The third kappa shape index (κ3) is 7.65. The van der Waals surface area contributed by atoms with E-state index in [4.69, 9.17) is 23.9 Å². The van der Waals surface area contributed by atoms with Crippen LogP contribution in [0.2, 0.25) is 0 Å². The van der Waals surface area contributed by atoms with E-state index in [1.165, 1.54) is 5.56 Å². The zero-order chi connectivity index (χ0) is 22.8. The van der Waals surface area contributed by atoms with E-state index in [0.717, 1.165) is 44.3 Å². The lowest BCUT2D eigenvalue weighted by atomic mass is 10.0. The molecule has 0 spiro atoms. The second-order valence-corrected chi connectivity index (χ2v) is 7.35. The lowest BCUT2D eigenvalue weighted by Gasteiger charge is -2.34. The Balaban J connectivity index is 0.00000385. The molecule has 8 nitrogen and oxygen atoms in total. The van der Waals surface area contributed by atoms with Crippen LogP contribution < -0.4 is 24.8 Å². The quantitative estimate of drug-likeness (QED) is 0.270. The number of aliphatic imine (C=N–C) groups is 1. The van der Waals surface area contributed by atoms with E-state index in [9.17, 15) is 0 Å². The van der Waals surface area contributed by atoms with E-state index < -0.39 is 0 Å². The molecular weight excluding hydrogens is 535 g/mol. The van der Waals surface area contributed by atoms with Gasteiger partial charge in [0.25, 0.3) is 0 Å². The molecule has 2 aromatic rings. The van der Waals surface area contributed by atoms with Crippen molar-refractivity contribution in [3.05, 3.63) is 48.0 Å². The first-order chi connectivity index (χ1) is 15.7. The summed E-state index contributed by atoms with van der Waals surface area (Å²) in [7, 11) is 4.94. The number of morpholine rings is 1. The zero-order valence-electron chi connectivity index (χ0n) is 19.8. The normalized spacial score (nSPS) is 15.2. The minimum Gasteiger partial charge on any atom is -0.497 e. The van der Waals surface area contributed by atoms with E-state index >= 15 is 0 Å². The Kier molecular flexibility index (Phi) is 11.6. The van der Waals surface area contributed by atoms with Crippen LogP contribution in [0.15, 0.2) is 47.5 Å². The van der Waals surface area contributed by atoms with Gasteiger partial charge in [-0.25, -0.2) is 0 Å². The molecule has 1 heterocycles. The minimum absolute atomic E-state index is 0. The fourth-order valence-electron chi connectivity index (χ4n) is 3.68. The van der Waals surface area contributed by atoms with Crippen molar-refractivity contribution in [2.24, 2.45) is 4.99 Å². The number of nitrogens with one attached hydrogen (secondary N) is 2. The Morgan fingerprint density at radius 3 is 2.30 bits per heavy atom. The monoisotopic (exact) mass is 570 g/mol. The SMILES string of the molecule is CCNC(=NCC(c1ccc(OC)cc1)N1CCOCC1)Nc1ccc(OC)c(OC)c1.I. The maximum atomic E-state index is 5.56. The van der Waals surface area contributed by atoms with Crippen molar-refractivity contribution >= 4 is 35.6 Å². The molecule has 9 heteroatoms. The molecule has 0 aliphatic carbocycles. The second kappa shape index (κ2) is 14.1. The summed E-state index contributed by atoms with van der Waals surface area (Å²) in [5.41, 5.74) is 2.08. The predicted octanol–water partition coefficient (Wildman–Crippen LogP) is 3.78. The predicted molar refractivity (Wildman–Crippen MR) is 143 cm³/mol. The van der Waals surface area contributed by atoms with Gasteiger partial charge in [0.2, 0.25) is 0 Å². The number of nitrogens with zero attached hydrogens (tertiary/aromatic N) is 2. The Bertz CT molecular complexity index is 873. The number of hydrogen-bond donors (Lipinski definition) is 2. The lowest BCUT2D eigenvalue weighted by Crippen LogP contribution is -2.41. The second-order valence-electron chi connectivity index (χ2n) is 7.35. The first-order valence-electron chi connectivity index (χ1n) is 10.9. The molecule has 1 atom stereocenters. The smallest absolute Gasteiger partial charge is 0.195 e. The van der Waals surface area contributed by atoms with Gasteiger partial charge in [0.15, 0.2) is 17.5 Å². The van der Waals surface area contributed by atoms with Gasteiger partial charge in [-0.2, -0.15) is 0 Å². The molecule has 182 valence electrons. The minimum atomic E-state index is 0. The first-order valence-corrected chi connectivity index (χ1v) is 10.9. The molecule has 1 aliphatic rings. The average molecular weight is 570 g/mol. The van der Waals surface area contributed by atoms with Crippen LogP contribution in [0.1, 0.15) is 18.5 Å². The van der Waals surface area contributed by atoms with Crippen molar-refractivity contribution in [2.75, 3.05) is 66.0 Å². The summed E-state index contributed by atoms with van der Waals surface area (Å²) in [6.45, 7) is 6.64. The topological polar surface area (TPSA) is 76.6 Å². The van der Waals surface area contributed by atoms with Crippen LogP contribution >= 0.6 is 24.0 Å². The van der Waals surface area contributed by atoms with Gasteiger partial charge in [-0.3, -0.25) is 9.89 Å². The molecule has 33 heavy (non-hydrogen) atoms. The molecule has 0 radical (unpaired) electrons. The molecule has 1 aliphatic heterocycles. The number of anilines is 1. The number of hydrogen-bond acceptors (Lipinski definition) is 6. The van der Waals surface area contributed by atoms with Gasteiger partial charge in [0, 0.05) is 31.4 Å². The third-order valence-electron chi connectivity index (χ3n) is 5.40. The van der Waals surface area contributed by atoms with Crippen molar-refractivity contribution in [3.63, 3.8) is 0 Å². The summed E-state index contributed by atoms with van der Waals surface area (Å²) in [4.78, 5) is 7.34. The summed E-state index contributed by atoms with van der Waals surface area (Å²) < 4.78 is 21.6. The highest BCUT2D eigenvalue weighted by molar-refractivity contribution is 14.0. The summed E-state index contributed by atoms with van der Waals surface area (Å²) in [6.07, 6.45) is 0. The van der Waals surface area contributed by atoms with Crippen LogP contribution in [0.4, 0.5) is 5.69 Å². The zero-order valence-corrected chi connectivity index (χ0v) is 22.1. The van der Waals surface area contributed by atoms with Crippen LogP contribution in [0, 0.1) is 0 Å². The molecule has 0 bridgehead atoms. The van der Waals surface area contributed by atoms with Crippen LogP contribution in [0.5, 0.6) is 17.2 Å². The highest BCUT2D eigenvalue weighted by Gasteiger charge is 2.23. The molecule has 0 amide bonds. The Morgan fingerprint density at radius 2 is 1.70 bits per heavy atom. The lowest BCUT2D eigenvalue weighted by molar-refractivity contribution is 0.0180. The molecule has 3 rings (SSSR count). The summed E-state index contributed by atoms with van der Waals surface area (Å²) in [5, 5.41) is 6.70. The first kappa shape index (κ1) is 27.0. The van der Waals surface area contributed by atoms with Crippen LogP contribution in [-0.2, 0) is 4.74 Å². The van der Waals surface area contributed by atoms with E-state index in [1.54, 1.807) is 21.3 Å². The average Bonchev–Trinajstić information content (AvgIpc) is 2.85. The number of rotatable bonds is 9. The molecule has 0 aromatic heterocycles. The highest BCUT2D eigenvalue weighted by Crippen LogP contribution is 2.30. The largest absolute Gasteiger partial charge is 0.497 e. The molecule has 1 fully saturated rings. The van der Waals surface area contributed by atoms with Crippen molar-refractivity contribution in [2.45, 2.75) is 13.0 Å². The van der Waals surface area contributed by atoms with Crippen molar-refractivity contribution in [3.8, 4) is 17.2 Å². The van der Waals surface area contributed by atoms with E-state index in [-0.39, 0.29) is 30.0 Å². The number of halogens is 1. The summed E-state index contributed by atoms with van der Waals surface area (Å²) >= 11 is 0. The van der Waals surface area contributed by atoms with Crippen molar-refractivity contribution in [1.82, 2.24) is 10.2 Å². The number of ether oxygens (including phenoxy) is 4. The van der Waals surface area contributed by atoms with Gasteiger partial charge < -0.3 is 29.6 Å². The molecule has 0 saturated carbocycles. The summed E-state index contributed by atoms with van der Waals surface area (Å²) in [6, 6.07) is 14.1. The number of methoxy groups -OCH3 is 3. The summed E-state index contributed by atoms with van der Waals surface area (Å²) in [5.74, 6) is 2.91. The standard InChI is InChI=1S/C24H34N4O4.HI/c1-5-25-24(27-19-8-11-22(30-3)23(16-19)31-4)26-17-21(28-12-14-32-15-13-28)18-6-9-20(29-2)10-7-18;/h6-11,16,21H,5,12-15,17H2,1-4H3,(H2,25,26,27);1H. The number of benzene rings is 2. The van der Waals surface area contributed by atoms with E-state index in [0.29, 0.717) is 24.0 Å². The molecule has 2 N–H and O–H groups in total. The van der Waals surface area contributed by atoms with Gasteiger partial charge in [-0.15, -0.1) is 24.0 Å². The maximum absolute atomic E-state index is 5.56. The van der Waals surface area contributed by atoms with Gasteiger partial charge >= 0.3 is 0 Å². The molecule has 1 unspecified atom stereocenters. The van der Waals surface area contributed by atoms with Crippen molar-refractivity contribution < 1.29 is 18.9 Å². The van der Waals surface area contributed by atoms with E-state index in [2.05, 4.69) is 34.6 Å². The van der Waals surface area contributed by atoms with Gasteiger partial charge in [0.05, 0.1) is 47.1 Å². The van der Waals surface area contributed by atoms with Gasteiger partial charge in [-0.05, 0) is 36.8 Å².